The number of ether oxygens (including phenoxy) is 1. The summed E-state index contributed by atoms with van der Waals surface area (Å²) in [6.45, 7) is 7.90. The number of furan rings is 1. The maximum absolute atomic E-state index is 15.4. The summed E-state index contributed by atoms with van der Waals surface area (Å²) < 4.78 is 26.8. The van der Waals surface area contributed by atoms with Crippen LogP contribution < -0.4 is 21.3 Å². The van der Waals surface area contributed by atoms with Crippen molar-refractivity contribution in [2.45, 2.75) is 20.8 Å². The number of morpholine rings is 1. The van der Waals surface area contributed by atoms with Crippen LogP contribution in [0, 0.1) is 26.6 Å². The topological polar surface area (TPSA) is 136 Å². The van der Waals surface area contributed by atoms with Gasteiger partial charge in [0.25, 0.3) is 0 Å². The zero-order valence-electron chi connectivity index (χ0n) is 24.5. The van der Waals surface area contributed by atoms with Gasteiger partial charge in [-0.25, -0.2) is 19.2 Å². The van der Waals surface area contributed by atoms with Gasteiger partial charge in [0.2, 0.25) is 5.91 Å². The van der Waals surface area contributed by atoms with E-state index in [1.54, 1.807) is 32.0 Å². The summed E-state index contributed by atoms with van der Waals surface area (Å²) in [7, 11) is 0. The first-order valence-corrected chi connectivity index (χ1v) is 14.2. The fraction of sp³-hybridized carbons (Fsp3) is 0.212. The average Bonchev–Trinajstić information content (AvgIpc) is 3.46. The molecule has 3 aromatic carbocycles. The number of nitrogens with one attached hydrogen (secondary N) is 2. The average molecular weight is 595 g/mol. The number of nitrogens with zero attached hydrogens (tertiary/aromatic N) is 3. The molecule has 11 heteroatoms. The molecule has 44 heavy (non-hydrogen) atoms. The van der Waals surface area contributed by atoms with Crippen LogP contribution >= 0.6 is 0 Å². The van der Waals surface area contributed by atoms with Gasteiger partial charge in [-0.05, 0) is 86.5 Å². The van der Waals surface area contributed by atoms with E-state index in [0.29, 0.717) is 65.6 Å². The zero-order chi connectivity index (χ0) is 31.0. The lowest BCUT2D eigenvalue weighted by atomic mass is 10.0. The molecule has 1 fully saturated rings. The molecule has 10 nitrogen and oxygen atoms in total. The third kappa shape index (κ3) is 5.69. The van der Waals surface area contributed by atoms with Crippen molar-refractivity contribution in [2.75, 3.05) is 41.8 Å². The molecule has 4 N–H and O–H groups in total. The van der Waals surface area contributed by atoms with Crippen molar-refractivity contribution >= 4 is 40.0 Å². The number of amides is 3. The number of anilines is 3. The van der Waals surface area contributed by atoms with Gasteiger partial charge < -0.3 is 30.4 Å². The molecule has 0 aliphatic carbocycles. The van der Waals surface area contributed by atoms with E-state index in [9.17, 15) is 9.59 Å². The van der Waals surface area contributed by atoms with Crippen molar-refractivity contribution < 1.29 is 23.1 Å². The minimum Gasteiger partial charge on any atom is -0.461 e. The number of benzene rings is 3. The van der Waals surface area contributed by atoms with Gasteiger partial charge >= 0.3 is 6.03 Å². The van der Waals surface area contributed by atoms with Crippen LogP contribution in [0.2, 0.25) is 0 Å². The van der Waals surface area contributed by atoms with Crippen molar-refractivity contribution in [3.8, 4) is 22.7 Å². The smallest absolute Gasteiger partial charge is 0.323 e. The third-order valence-electron chi connectivity index (χ3n) is 7.79. The Kier molecular flexibility index (Phi) is 7.71. The first-order valence-electron chi connectivity index (χ1n) is 14.2. The first-order chi connectivity index (χ1) is 21.2. The van der Waals surface area contributed by atoms with Crippen LogP contribution in [0.3, 0.4) is 0 Å². The summed E-state index contributed by atoms with van der Waals surface area (Å²) in [6, 6.07) is 16.7. The molecule has 0 spiro atoms. The minimum absolute atomic E-state index is 0.0148. The number of carbonyl (C=O) groups is 2. The van der Waals surface area contributed by atoms with Crippen LogP contribution in [-0.4, -0.2) is 48.2 Å². The molecule has 3 heterocycles. The Balaban J connectivity index is 1.30. The fourth-order valence-corrected chi connectivity index (χ4v) is 5.26. The van der Waals surface area contributed by atoms with Gasteiger partial charge in [0.15, 0.2) is 5.82 Å². The van der Waals surface area contributed by atoms with Crippen LogP contribution in [0.25, 0.3) is 33.6 Å². The summed E-state index contributed by atoms with van der Waals surface area (Å²) in [4.78, 5) is 36.2. The Bertz CT molecular complexity index is 1910. The molecule has 0 bridgehead atoms. The zero-order valence-corrected chi connectivity index (χ0v) is 24.5. The number of nitrogens with two attached hydrogens (primary N) is 1. The first kappa shape index (κ1) is 28.8. The highest BCUT2D eigenvalue weighted by Gasteiger charge is 2.20. The van der Waals surface area contributed by atoms with Gasteiger partial charge in [-0.2, -0.15) is 0 Å². The van der Waals surface area contributed by atoms with E-state index in [4.69, 9.17) is 24.9 Å². The van der Waals surface area contributed by atoms with E-state index in [-0.39, 0.29) is 5.69 Å². The normalized spacial score (nSPS) is 13.2. The molecule has 0 unspecified atom stereocenters. The number of primary amides is 1. The van der Waals surface area contributed by atoms with Gasteiger partial charge in [0, 0.05) is 40.9 Å². The molecule has 1 aliphatic rings. The minimum atomic E-state index is -0.647. The third-order valence-corrected chi connectivity index (χ3v) is 7.79. The largest absolute Gasteiger partial charge is 0.461 e. The van der Waals surface area contributed by atoms with Gasteiger partial charge in [-0.3, -0.25) is 4.79 Å². The van der Waals surface area contributed by atoms with Crippen LogP contribution in [0.5, 0.6) is 0 Å². The van der Waals surface area contributed by atoms with Gasteiger partial charge in [0.1, 0.15) is 23.2 Å². The molecule has 1 aliphatic heterocycles. The predicted octanol–water partition coefficient (Wildman–Crippen LogP) is 6.20. The quantitative estimate of drug-likeness (QED) is 0.213. The van der Waals surface area contributed by atoms with E-state index in [2.05, 4.69) is 15.5 Å². The molecule has 1 saturated heterocycles. The Labute approximate surface area is 253 Å². The van der Waals surface area contributed by atoms with Crippen LogP contribution in [-0.2, 0) is 4.74 Å². The number of hydrogen-bond acceptors (Lipinski definition) is 7. The molecule has 0 saturated carbocycles. The van der Waals surface area contributed by atoms with Gasteiger partial charge in [-0.15, -0.1) is 0 Å². The van der Waals surface area contributed by atoms with E-state index in [0.717, 1.165) is 28.3 Å². The number of halogens is 1. The van der Waals surface area contributed by atoms with E-state index < -0.39 is 17.8 Å². The predicted molar refractivity (Wildman–Crippen MR) is 167 cm³/mol. The monoisotopic (exact) mass is 594 g/mol. The maximum atomic E-state index is 15.4. The molecule has 6 rings (SSSR count). The Hall–Kier alpha value is -5.29. The van der Waals surface area contributed by atoms with Crippen molar-refractivity contribution in [3.63, 3.8) is 0 Å². The number of urea groups is 1. The highest BCUT2D eigenvalue weighted by Crippen LogP contribution is 2.33. The standard InChI is InChI=1S/C33H31FN6O4/c1-18-4-11-29(44-18)21-5-7-24-28(17-21)36-31(39-32(24)40-12-14-43-15-13-40)22-6-9-27(25(34)16-22)38-33(42)37-26-10-8-23(30(35)41)19(2)20(26)3/h4-11,16-17H,12-15H2,1-3H3,(H2,35,41)(H2,37,38,42). The lowest BCUT2D eigenvalue weighted by Gasteiger charge is -2.29. The summed E-state index contributed by atoms with van der Waals surface area (Å²) in [5.74, 6) is 1.43. The van der Waals surface area contributed by atoms with Crippen LogP contribution in [0.4, 0.5) is 26.4 Å². The fourth-order valence-electron chi connectivity index (χ4n) is 5.26. The summed E-state index contributed by atoms with van der Waals surface area (Å²) in [5, 5.41) is 6.13. The number of aromatic nitrogens is 2. The molecule has 0 atom stereocenters. The summed E-state index contributed by atoms with van der Waals surface area (Å²) in [5.41, 5.74) is 9.60. The van der Waals surface area contributed by atoms with Crippen molar-refractivity contribution in [1.82, 2.24) is 9.97 Å². The number of fused-ring (bicyclic) bond motifs is 1. The number of aryl methyl sites for hydroxylation is 1. The second-order valence-corrected chi connectivity index (χ2v) is 10.7. The van der Waals surface area contributed by atoms with Crippen molar-refractivity contribution in [1.29, 1.82) is 0 Å². The lowest BCUT2D eigenvalue weighted by Crippen LogP contribution is -2.37. The van der Waals surface area contributed by atoms with E-state index in [1.807, 2.05) is 37.3 Å². The highest BCUT2D eigenvalue weighted by atomic mass is 19.1. The van der Waals surface area contributed by atoms with Gasteiger partial charge in [0.05, 0.1) is 24.4 Å². The maximum Gasteiger partial charge on any atom is 0.323 e. The van der Waals surface area contributed by atoms with Gasteiger partial charge in [-0.1, -0.05) is 6.07 Å². The Morgan fingerprint density at radius 3 is 2.30 bits per heavy atom. The van der Waals surface area contributed by atoms with Crippen LogP contribution in [0.15, 0.2) is 65.1 Å². The summed E-state index contributed by atoms with van der Waals surface area (Å²) in [6.07, 6.45) is 0. The number of rotatable bonds is 6. The second kappa shape index (κ2) is 11.8. The highest BCUT2D eigenvalue weighted by molar-refractivity contribution is 6.02. The Morgan fingerprint density at radius 1 is 0.864 bits per heavy atom. The molecular formula is C33H31FN6O4. The summed E-state index contributed by atoms with van der Waals surface area (Å²) >= 11 is 0. The molecule has 5 aromatic rings. The van der Waals surface area contributed by atoms with Crippen molar-refractivity contribution in [3.05, 3.63) is 88.9 Å². The molecular weight excluding hydrogens is 563 g/mol. The van der Waals surface area contributed by atoms with E-state index >= 15 is 4.39 Å². The molecule has 3 amide bonds. The second-order valence-electron chi connectivity index (χ2n) is 10.7. The van der Waals surface area contributed by atoms with Crippen molar-refractivity contribution in [2.24, 2.45) is 5.73 Å². The lowest BCUT2D eigenvalue weighted by molar-refractivity contribution is 0.0999. The molecule has 0 radical (unpaired) electrons. The number of carbonyl (C=O) groups excluding carboxylic acids is 2. The Morgan fingerprint density at radius 2 is 1.59 bits per heavy atom. The van der Waals surface area contributed by atoms with E-state index in [1.165, 1.54) is 12.1 Å². The van der Waals surface area contributed by atoms with Crippen LogP contribution in [0.1, 0.15) is 27.2 Å². The molecule has 224 valence electrons. The molecule has 2 aromatic heterocycles. The SMILES string of the molecule is Cc1ccc(-c2ccc3c(N4CCOCC4)nc(-c4ccc(NC(=O)Nc5ccc(C(N)=O)c(C)c5C)c(F)c4)nc3c2)o1. The number of hydrogen-bond donors (Lipinski definition) is 3.